The minimum atomic E-state index is -0.233. The van der Waals surface area contributed by atoms with Crippen molar-refractivity contribution >= 4 is 11.6 Å². The Hall–Kier alpha value is -2.49. The van der Waals surface area contributed by atoms with Crippen LogP contribution in [0.4, 0.5) is 0 Å². The molecule has 0 spiro atoms. The fraction of sp³-hybridized carbons (Fsp3) is 0.316. The van der Waals surface area contributed by atoms with Crippen LogP contribution < -0.4 is 5.43 Å². The van der Waals surface area contributed by atoms with Gasteiger partial charge in [-0.15, -0.1) is 0 Å². The fourth-order valence-electron chi connectivity index (χ4n) is 2.26. The molecule has 0 bridgehead atoms. The minimum Gasteiger partial charge on any atom is -0.267 e. The van der Waals surface area contributed by atoms with Crippen LogP contribution in [-0.2, 0) is 6.42 Å². The molecule has 0 aliphatic heterocycles. The van der Waals surface area contributed by atoms with Gasteiger partial charge in [-0.1, -0.05) is 44.0 Å². The number of pyridine rings is 1. The number of rotatable bonds is 7. The van der Waals surface area contributed by atoms with E-state index in [1.165, 1.54) is 24.8 Å². The Balaban J connectivity index is 1.94. The molecular weight excluding hydrogens is 286 g/mol. The van der Waals surface area contributed by atoms with Gasteiger partial charge in [0.1, 0.15) is 0 Å². The van der Waals surface area contributed by atoms with Crippen molar-refractivity contribution in [1.82, 2.24) is 10.4 Å². The predicted molar refractivity (Wildman–Crippen MR) is 93.6 cm³/mol. The van der Waals surface area contributed by atoms with Gasteiger partial charge < -0.3 is 0 Å². The van der Waals surface area contributed by atoms with Crippen molar-refractivity contribution in [1.29, 1.82) is 0 Å². The molecule has 2 rings (SSSR count). The van der Waals surface area contributed by atoms with Crippen molar-refractivity contribution in [3.05, 3.63) is 65.5 Å². The first kappa shape index (κ1) is 16.9. The van der Waals surface area contributed by atoms with Crippen LogP contribution >= 0.6 is 0 Å². The number of amides is 1. The summed E-state index contributed by atoms with van der Waals surface area (Å²) in [6.07, 6.45) is 8.02. The summed E-state index contributed by atoms with van der Waals surface area (Å²) in [4.78, 5) is 15.8. The number of hydrazone groups is 1. The molecule has 0 fully saturated rings. The quantitative estimate of drug-likeness (QED) is 0.478. The fourth-order valence-corrected chi connectivity index (χ4v) is 2.26. The Kier molecular flexibility index (Phi) is 6.48. The minimum absolute atomic E-state index is 0.233. The molecule has 0 atom stereocenters. The highest BCUT2D eigenvalue weighted by Crippen LogP contribution is 2.09. The Morgan fingerprint density at radius 2 is 1.74 bits per heavy atom. The SMILES string of the molecule is CCCCCc1ccc(/C(C)=N/NC(=O)c2ccncc2)cc1. The average molecular weight is 309 g/mol. The smallest absolute Gasteiger partial charge is 0.267 e. The molecule has 1 aromatic heterocycles. The molecule has 1 heterocycles. The van der Waals surface area contributed by atoms with Crippen LogP contribution in [0.3, 0.4) is 0 Å². The van der Waals surface area contributed by atoms with Crippen LogP contribution in [-0.4, -0.2) is 16.6 Å². The van der Waals surface area contributed by atoms with E-state index in [0.29, 0.717) is 5.56 Å². The molecule has 23 heavy (non-hydrogen) atoms. The van der Waals surface area contributed by atoms with Gasteiger partial charge in [-0.05, 0) is 43.0 Å². The number of hydrogen-bond donors (Lipinski definition) is 1. The van der Waals surface area contributed by atoms with E-state index in [1.807, 2.05) is 6.92 Å². The normalized spacial score (nSPS) is 11.3. The number of aromatic nitrogens is 1. The second kappa shape index (κ2) is 8.83. The van der Waals surface area contributed by atoms with Crippen molar-refractivity contribution in [2.24, 2.45) is 5.10 Å². The summed E-state index contributed by atoms with van der Waals surface area (Å²) in [6.45, 7) is 4.10. The van der Waals surface area contributed by atoms with Crippen LogP contribution in [0.25, 0.3) is 0 Å². The highest BCUT2D eigenvalue weighted by molar-refractivity contribution is 6.00. The van der Waals surface area contributed by atoms with Gasteiger partial charge in [0, 0.05) is 18.0 Å². The van der Waals surface area contributed by atoms with Gasteiger partial charge in [0.2, 0.25) is 0 Å². The highest BCUT2D eigenvalue weighted by atomic mass is 16.2. The first-order valence-corrected chi connectivity index (χ1v) is 8.04. The molecule has 0 radical (unpaired) electrons. The van der Waals surface area contributed by atoms with E-state index in [9.17, 15) is 4.79 Å². The molecule has 0 saturated carbocycles. The lowest BCUT2D eigenvalue weighted by molar-refractivity contribution is 0.0954. The number of unbranched alkanes of at least 4 members (excludes halogenated alkanes) is 2. The number of benzene rings is 1. The van der Waals surface area contributed by atoms with Gasteiger partial charge in [0.15, 0.2) is 0 Å². The number of carbonyl (C=O) groups excluding carboxylic acids is 1. The van der Waals surface area contributed by atoms with E-state index in [-0.39, 0.29) is 5.91 Å². The van der Waals surface area contributed by atoms with E-state index in [1.54, 1.807) is 24.5 Å². The van der Waals surface area contributed by atoms with E-state index >= 15 is 0 Å². The zero-order valence-electron chi connectivity index (χ0n) is 13.7. The van der Waals surface area contributed by atoms with Gasteiger partial charge >= 0.3 is 0 Å². The number of nitrogens with zero attached hydrogens (tertiary/aromatic N) is 2. The molecular formula is C19H23N3O. The summed E-state index contributed by atoms with van der Waals surface area (Å²) in [7, 11) is 0. The van der Waals surface area contributed by atoms with Crippen molar-refractivity contribution in [3.63, 3.8) is 0 Å². The molecule has 0 saturated heterocycles. The van der Waals surface area contributed by atoms with Gasteiger partial charge in [0.25, 0.3) is 5.91 Å². The van der Waals surface area contributed by atoms with Crippen molar-refractivity contribution in [2.45, 2.75) is 39.5 Å². The lowest BCUT2D eigenvalue weighted by atomic mass is 10.0. The number of aryl methyl sites for hydroxylation is 1. The summed E-state index contributed by atoms with van der Waals surface area (Å²) in [5.41, 5.74) is 6.26. The lowest BCUT2D eigenvalue weighted by Crippen LogP contribution is -2.19. The number of nitrogens with one attached hydrogen (secondary N) is 1. The summed E-state index contributed by atoms with van der Waals surface area (Å²) < 4.78 is 0. The number of carbonyl (C=O) groups is 1. The standard InChI is InChI=1S/C19H23N3O/c1-3-4-5-6-16-7-9-17(10-8-16)15(2)21-22-19(23)18-11-13-20-14-12-18/h7-14H,3-6H2,1-2H3,(H,22,23)/b21-15+. The van der Waals surface area contributed by atoms with Gasteiger partial charge in [0.05, 0.1) is 5.71 Å². The van der Waals surface area contributed by atoms with E-state index in [4.69, 9.17) is 0 Å². The Morgan fingerprint density at radius 1 is 1.04 bits per heavy atom. The Labute approximate surface area is 137 Å². The second-order valence-corrected chi connectivity index (χ2v) is 5.53. The Morgan fingerprint density at radius 3 is 2.39 bits per heavy atom. The summed E-state index contributed by atoms with van der Waals surface area (Å²) in [5.74, 6) is -0.233. The van der Waals surface area contributed by atoms with Crippen LogP contribution in [0.2, 0.25) is 0 Å². The largest absolute Gasteiger partial charge is 0.271 e. The molecule has 1 N–H and O–H groups in total. The Bertz CT molecular complexity index is 648. The third-order valence-electron chi connectivity index (χ3n) is 3.71. The van der Waals surface area contributed by atoms with Crippen LogP contribution in [0.5, 0.6) is 0 Å². The third-order valence-corrected chi connectivity index (χ3v) is 3.71. The summed E-state index contributed by atoms with van der Waals surface area (Å²) in [5, 5.41) is 4.17. The predicted octanol–water partition coefficient (Wildman–Crippen LogP) is 3.97. The van der Waals surface area contributed by atoms with Crippen molar-refractivity contribution < 1.29 is 4.79 Å². The maximum Gasteiger partial charge on any atom is 0.271 e. The lowest BCUT2D eigenvalue weighted by Gasteiger charge is -2.05. The van der Waals surface area contributed by atoms with Crippen LogP contribution in [0, 0.1) is 0 Å². The first-order chi connectivity index (χ1) is 11.2. The molecule has 1 amide bonds. The average Bonchev–Trinajstić information content (AvgIpc) is 2.61. The topological polar surface area (TPSA) is 54.4 Å². The first-order valence-electron chi connectivity index (χ1n) is 8.04. The maximum absolute atomic E-state index is 11.9. The highest BCUT2D eigenvalue weighted by Gasteiger charge is 2.04. The van der Waals surface area contributed by atoms with Crippen LogP contribution in [0.15, 0.2) is 53.9 Å². The van der Waals surface area contributed by atoms with Crippen molar-refractivity contribution in [2.75, 3.05) is 0 Å². The monoisotopic (exact) mass is 309 g/mol. The summed E-state index contributed by atoms with van der Waals surface area (Å²) in [6, 6.07) is 11.7. The van der Waals surface area contributed by atoms with Crippen LogP contribution in [0.1, 0.15) is 54.6 Å². The molecule has 120 valence electrons. The van der Waals surface area contributed by atoms with Crippen molar-refractivity contribution in [3.8, 4) is 0 Å². The molecule has 1 aromatic carbocycles. The third kappa shape index (κ3) is 5.33. The molecule has 0 aliphatic rings. The van der Waals surface area contributed by atoms with Gasteiger partial charge in [-0.2, -0.15) is 5.10 Å². The molecule has 0 aliphatic carbocycles. The number of hydrogen-bond acceptors (Lipinski definition) is 3. The van der Waals surface area contributed by atoms with Gasteiger partial charge in [-0.25, -0.2) is 5.43 Å². The van der Waals surface area contributed by atoms with E-state index in [2.05, 4.69) is 46.7 Å². The molecule has 0 unspecified atom stereocenters. The zero-order chi connectivity index (χ0) is 16.5. The maximum atomic E-state index is 11.9. The molecule has 4 nitrogen and oxygen atoms in total. The zero-order valence-corrected chi connectivity index (χ0v) is 13.7. The summed E-state index contributed by atoms with van der Waals surface area (Å²) >= 11 is 0. The van der Waals surface area contributed by atoms with E-state index < -0.39 is 0 Å². The van der Waals surface area contributed by atoms with E-state index in [0.717, 1.165) is 17.7 Å². The molecule has 4 heteroatoms. The molecule has 2 aromatic rings. The van der Waals surface area contributed by atoms with Gasteiger partial charge in [-0.3, -0.25) is 9.78 Å². The second-order valence-electron chi connectivity index (χ2n) is 5.53.